The monoisotopic (exact) mass is 293 g/mol. The maximum atomic E-state index is 12.6. The van der Waals surface area contributed by atoms with E-state index in [0.717, 1.165) is 6.08 Å². The molecule has 0 aliphatic rings. The molecule has 1 N–H and O–H groups in total. The van der Waals surface area contributed by atoms with Crippen LogP contribution >= 0.6 is 22.6 Å². The van der Waals surface area contributed by atoms with Crippen LogP contribution in [0.15, 0.2) is 18.2 Å². The molecule has 0 radical (unpaired) electrons. The molecule has 1 heterocycles. The van der Waals surface area contributed by atoms with E-state index in [1.54, 1.807) is 0 Å². The highest BCUT2D eigenvalue weighted by molar-refractivity contribution is 14.1. The molecule has 0 fully saturated rings. The van der Waals surface area contributed by atoms with E-state index in [0.29, 0.717) is 9.26 Å². The summed E-state index contributed by atoms with van der Waals surface area (Å²) in [5.74, 6) is -1.70. The molecule has 0 saturated heterocycles. The molecule has 0 aromatic carbocycles. The zero-order valence-electron chi connectivity index (χ0n) is 6.37. The molecule has 0 aliphatic carbocycles. The smallest absolute Gasteiger partial charge is 0.328 e. The first-order valence-electron chi connectivity index (χ1n) is 3.32. The van der Waals surface area contributed by atoms with E-state index in [-0.39, 0.29) is 0 Å². The molecular weight excluding hydrogens is 288 g/mol. The fourth-order valence-corrected chi connectivity index (χ4v) is 1.18. The van der Waals surface area contributed by atoms with Crippen molar-refractivity contribution in [3.63, 3.8) is 0 Å². The zero-order valence-corrected chi connectivity index (χ0v) is 8.53. The van der Waals surface area contributed by atoms with E-state index in [9.17, 15) is 9.18 Å². The van der Waals surface area contributed by atoms with Crippen molar-refractivity contribution in [3.05, 3.63) is 33.4 Å². The molecule has 1 aromatic rings. The Kier molecular flexibility index (Phi) is 3.35. The summed E-state index contributed by atoms with van der Waals surface area (Å²) in [6.45, 7) is 0. The van der Waals surface area contributed by atoms with Gasteiger partial charge in [-0.1, -0.05) is 0 Å². The summed E-state index contributed by atoms with van der Waals surface area (Å²) >= 11 is 1.95. The molecule has 1 aromatic heterocycles. The van der Waals surface area contributed by atoms with Gasteiger partial charge in [0.2, 0.25) is 5.95 Å². The highest BCUT2D eigenvalue weighted by Gasteiger charge is 1.99. The minimum Gasteiger partial charge on any atom is -0.478 e. The highest BCUT2D eigenvalue weighted by atomic mass is 127. The predicted octanol–water partition coefficient (Wildman–Crippen LogP) is 1.92. The second kappa shape index (κ2) is 4.31. The summed E-state index contributed by atoms with van der Waals surface area (Å²) in [6, 6.07) is 2.75. The van der Waals surface area contributed by atoms with Gasteiger partial charge in [0.05, 0.1) is 5.69 Å². The van der Waals surface area contributed by atoms with Crippen molar-refractivity contribution >= 4 is 34.6 Å². The standard InChI is InChI=1S/C8H5FINO2/c9-7-3-1-5(10)6(11-7)2-4-8(12)13/h1-4H,(H,12,13)/b4-2+. The highest BCUT2D eigenvalue weighted by Crippen LogP contribution is 2.11. The van der Waals surface area contributed by atoms with Crippen LogP contribution in [0.3, 0.4) is 0 Å². The Labute approximate surface area is 87.4 Å². The van der Waals surface area contributed by atoms with Gasteiger partial charge in [0.15, 0.2) is 0 Å². The Morgan fingerprint density at radius 2 is 2.31 bits per heavy atom. The summed E-state index contributed by atoms with van der Waals surface area (Å²) in [4.78, 5) is 13.7. The van der Waals surface area contributed by atoms with E-state index in [2.05, 4.69) is 4.98 Å². The van der Waals surface area contributed by atoms with Gasteiger partial charge in [0.25, 0.3) is 0 Å². The molecule has 5 heteroatoms. The average Bonchev–Trinajstić information content (AvgIpc) is 2.06. The summed E-state index contributed by atoms with van der Waals surface area (Å²) in [7, 11) is 0. The second-order valence-electron chi connectivity index (χ2n) is 2.17. The lowest BCUT2D eigenvalue weighted by atomic mass is 10.3. The number of aromatic nitrogens is 1. The largest absolute Gasteiger partial charge is 0.478 e. The van der Waals surface area contributed by atoms with Crippen LogP contribution < -0.4 is 0 Å². The fraction of sp³-hybridized carbons (Fsp3) is 0. The lowest BCUT2D eigenvalue weighted by Crippen LogP contribution is -1.92. The number of hydrogen-bond acceptors (Lipinski definition) is 2. The quantitative estimate of drug-likeness (QED) is 0.515. The number of carboxylic acids is 1. The van der Waals surface area contributed by atoms with E-state index in [1.165, 1.54) is 18.2 Å². The van der Waals surface area contributed by atoms with Crippen molar-refractivity contribution < 1.29 is 14.3 Å². The third kappa shape index (κ3) is 3.10. The first-order chi connectivity index (χ1) is 6.09. The Morgan fingerprint density at radius 1 is 1.62 bits per heavy atom. The lowest BCUT2D eigenvalue weighted by molar-refractivity contribution is -0.131. The second-order valence-corrected chi connectivity index (χ2v) is 3.33. The first-order valence-corrected chi connectivity index (χ1v) is 4.40. The number of halogens is 2. The molecule has 0 saturated carbocycles. The van der Waals surface area contributed by atoms with Crippen LogP contribution in [0.25, 0.3) is 6.08 Å². The van der Waals surface area contributed by atoms with Gasteiger partial charge in [0.1, 0.15) is 0 Å². The van der Waals surface area contributed by atoms with Crippen molar-refractivity contribution in [1.82, 2.24) is 4.98 Å². The Bertz CT molecular complexity index is 365. The van der Waals surface area contributed by atoms with E-state index < -0.39 is 11.9 Å². The molecule has 0 unspecified atom stereocenters. The fourth-order valence-electron chi connectivity index (χ4n) is 0.700. The Hall–Kier alpha value is -0.980. The third-order valence-corrected chi connectivity index (χ3v) is 2.14. The number of pyridine rings is 1. The average molecular weight is 293 g/mol. The predicted molar refractivity (Wildman–Crippen MR) is 53.6 cm³/mol. The summed E-state index contributed by atoms with van der Waals surface area (Å²) in [5, 5.41) is 8.32. The normalized spacial score (nSPS) is 10.6. The molecule has 0 amide bonds. The first kappa shape index (κ1) is 10.1. The molecule has 0 bridgehead atoms. The number of hydrogen-bond donors (Lipinski definition) is 1. The SMILES string of the molecule is O=C(O)/C=C/c1nc(F)ccc1I. The van der Waals surface area contributed by atoms with Gasteiger partial charge in [-0.3, -0.25) is 0 Å². The number of carboxylic acid groups (broad SMARTS) is 1. The molecule has 0 atom stereocenters. The van der Waals surface area contributed by atoms with E-state index >= 15 is 0 Å². The van der Waals surface area contributed by atoms with Gasteiger partial charge in [-0.2, -0.15) is 4.39 Å². The van der Waals surface area contributed by atoms with Crippen molar-refractivity contribution in [1.29, 1.82) is 0 Å². The number of rotatable bonds is 2. The summed E-state index contributed by atoms with van der Waals surface area (Å²) < 4.78 is 13.3. The molecular formula is C8H5FINO2. The van der Waals surface area contributed by atoms with Gasteiger partial charge in [-0.15, -0.1) is 0 Å². The van der Waals surface area contributed by atoms with E-state index in [1.807, 2.05) is 22.6 Å². The van der Waals surface area contributed by atoms with E-state index in [4.69, 9.17) is 5.11 Å². The molecule has 0 spiro atoms. The Balaban J connectivity index is 3.00. The minimum atomic E-state index is -1.08. The van der Waals surface area contributed by atoms with Crippen molar-refractivity contribution in [2.75, 3.05) is 0 Å². The topological polar surface area (TPSA) is 50.2 Å². The van der Waals surface area contributed by atoms with Crippen LogP contribution in [-0.4, -0.2) is 16.1 Å². The number of aliphatic carboxylic acids is 1. The van der Waals surface area contributed by atoms with Crippen LogP contribution in [0.2, 0.25) is 0 Å². The summed E-state index contributed by atoms with van der Waals surface area (Å²) in [6.07, 6.45) is 2.18. The number of nitrogens with zero attached hydrogens (tertiary/aromatic N) is 1. The minimum absolute atomic E-state index is 0.322. The Morgan fingerprint density at radius 3 is 2.92 bits per heavy atom. The van der Waals surface area contributed by atoms with Gasteiger partial charge < -0.3 is 5.11 Å². The van der Waals surface area contributed by atoms with Crippen LogP contribution in [0.5, 0.6) is 0 Å². The van der Waals surface area contributed by atoms with Gasteiger partial charge in [-0.25, -0.2) is 9.78 Å². The molecule has 1 rings (SSSR count). The van der Waals surface area contributed by atoms with Crippen LogP contribution in [0.1, 0.15) is 5.69 Å². The zero-order chi connectivity index (χ0) is 9.84. The molecule has 68 valence electrons. The molecule has 3 nitrogen and oxygen atoms in total. The van der Waals surface area contributed by atoms with Gasteiger partial charge >= 0.3 is 5.97 Å². The lowest BCUT2D eigenvalue weighted by Gasteiger charge is -1.95. The van der Waals surface area contributed by atoms with Crippen molar-refractivity contribution in [2.45, 2.75) is 0 Å². The maximum Gasteiger partial charge on any atom is 0.328 e. The van der Waals surface area contributed by atoms with Crippen LogP contribution in [-0.2, 0) is 4.79 Å². The van der Waals surface area contributed by atoms with Crippen LogP contribution in [0, 0.1) is 9.52 Å². The number of carbonyl (C=O) groups is 1. The van der Waals surface area contributed by atoms with Gasteiger partial charge in [-0.05, 0) is 40.8 Å². The summed E-state index contributed by atoms with van der Waals surface area (Å²) in [5.41, 5.74) is 0.322. The third-order valence-electron chi connectivity index (χ3n) is 1.22. The molecule has 13 heavy (non-hydrogen) atoms. The molecule has 0 aliphatic heterocycles. The maximum absolute atomic E-state index is 12.6. The van der Waals surface area contributed by atoms with Crippen LogP contribution in [0.4, 0.5) is 4.39 Å². The van der Waals surface area contributed by atoms with Crippen molar-refractivity contribution in [3.8, 4) is 0 Å². The van der Waals surface area contributed by atoms with Crippen molar-refractivity contribution in [2.24, 2.45) is 0 Å². The van der Waals surface area contributed by atoms with Gasteiger partial charge in [0, 0.05) is 9.65 Å².